The summed E-state index contributed by atoms with van der Waals surface area (Å²) in [6.45, 7) is 4.43. The summed E-state index contributed by atoms with van der Waals surface area (Å²) >= 11 is 7.46. The van der Waals surface area contributed by atoms with Crippen LogP contribution in [0.2, 0.25) is 0 Å². The van der Waals surface area contributed by atoms with Crippen molar-refractivity contribution >= 4 is 86.0 Å². The lowest BCUT2D eigenvalue weighted by atomic mass is 9.93. The van der Waals surface area contributed by atoms with Gasteiger partial charge in [0.1, 0.15) is 5.75 Å². The summed E-state index contributed by atoms with van der Waals surface area (Å²) in [6.07, 6.45) is 3.88. The molecule has 2 heterocycles. The van der Waals surface area contributed by atoms with E-state index < -0.39 is 12.0 Å². The van der Waals surface area contributed by atoms with E-state index in [0.717, 1.165) is 34.5 Å². The van der Waals surface area contributed by atoms with E-state index in [1.54, 1.807) is 23.3 Å². The second kappa shape index (κ2) is 13.3. The number of carbonyl (C=O) groups is 1. The number of rotatable bonds is 8. The van der Waals surface area contributed by atoms with Crippen LogP contribution in [-0.2, 0) is 9.53 Å². The van der Waals surface area contributed by atoms with E-state index in [1.165, 1.54) is 11.3 Å². The highest BCUT2D eigenvalue weighted by Crippen LogP contribution is 2.36. The zero-order valence-corrected chi connectivity index (χ0v) is 28.5. The second-order valence-electron chi connectivity index (χ2n) is 8.94. The van der Waals surface area contributed by atoms with Crippen LogP contribution >= 0.6 is 68.3 Å². The molecule has 1 atom stereocenters. The van der Waals surface area contributed by atoms with E-state index in [1.807, 2.05) is 86.0 Å². The Hall–Kier alpha value is -2.42. The van der Waals surface area contributed by atoms with Crippen molar-refractivity contribution in [1.82, 2.24) is 4.57 Å². The molecular weight excluding hydrogens is 782 g/mol. The Labute approximate surface area is 273 Å². The fourth-order valence-electron chi connectivity index (χ4n) is 4.67. The van der Waals surface area contributed by atoms with Crippen LogP contribution < -0.4 is 19.6 Å². The number of hydrogen-bond acceptors (Lipinski definition) is 7. The van der Waals surface area contributed by atoms with E-state index in [9.17, 15) is 9.59 Å². The number of benzene rings is 3. The first-order valence-corrected chi connectivity index (χ1v) is 17.1. The Morgan fingerprint density at radius 1 is 1.07 bits per heavy atom. The Morgan fingerprint density at radius 2 is 1.80 bits per heavy atom. The number of thioether (sulfide) groups is 1. The SMILES string of the molecule is CCOC(=O)C1=C(c2ccccc2)N=c2s/c(=C\c3cc(I)cc(I)c3OCC)c(=O)n2[C@H]1c1ccc(SC)cc1. The van der Waals surface area contributed by atoms with Gasteiger partial charge in [-0.05, 0) is 101 Å². The predicted octanol–water partition coefficient (Wildman–Crippen LogP) is 6.27. The number of fused-ring (bicyclic) bond motifs is 1. The van der Waals surface area contributed by atoms with Crippen LogP contribution in [0.5, 0.6) is 5.75 Å². The van der Waals surface area contributed by atoms with Gasteiger partial charge in [-0.2, -0.15) is 0 Å². The standard InChI is InChI=1S/C31H26I2N2O4S2/c1-4-38-28-20(15-21(32)17-23(28)33)16-24-29(36)35-27(19-11-13-22(40-3)14-12-19)25(30(37)39-5-2)26(34-31(35)41-24)18-9-7-6-8-10-18/h6-17,27H,4-5H2,1-3H3/b24-16-/t27-/m0/s1. The lowest BCUT2D eigenvalue weighted by Gasteiger charge is -2.26. The molecular formula is C31H26I2N2O4S2. The summed E-state index contributed by atoms with van der Waals surface area (Å²) in [6, 6.07) is 20.9. The molecule has 0 N–H and O–H groups in total. The molecule has 41 heavy (non-hydrogen) atoms. The van der Waals surface area contributed by atoms with E-state index in [-0.39, 0.29) is 12.2 Å². The number of halogens is 2. The maximum atomic E-state index is 14.2. The van der Waals surface area contributed by atoms with Crippen LogP contribution in [0.1, 0.15) is 36.6 Å². The molecule has 0 spiro atoms. The fraction of sp³-hybridized carbons (Fsp3) is 0.194. The van der Waals surface area contributed by atoms with Gasteiger partial charge in [0.15, 0.2) is 4.80 Å². The Bertz CT molecular complexity index is 1810. The quantitative estimate of drug-likeness (QED) is 0.120. The van der Waals surface area contributed by atoms with Crippen molar-refractivity contribution in [1.29, 1.82) is 0 Å². The predicted molar refractivity (Wildman–Crippen MR) is 182 cm³/mol. The van der Waals surface area contributed by atoms with Crippen molar-refractivity contribution in [3.05, 3.63) is 116 Å². The Morgan fingerprint density at radius 3 is 2.46 bits per heavy atom. The largest absolute Gasteiger partial charge is 0.492 e. The van der Waals surface area contributed by atoms with Crippen LogP contribution in [0, 0.1) is 7.14 Å². The van der Waals surface area contributed by atoms with Crippen LogP contribution in [-0.4, -0.2) is 30.0 Å². The minimum Gasteiger partial charge on any atom is -0.492 e. The van der Waals surface area contributed by atoms with Gasteiger partial charge in [-0.3, -0.25) is 9.36 Å². The van der Waals surface area contributed by atoms with Crippen molar-refractivity contribution in [2.24, 2.45) is 4.99 Å². The van der Waals surface area contributed by atoms with Crippen molar-refractivity contribution in [3.8, 4) is 5.75 Å². The minimum atomic E-state index is -0.707. The van der Waals surface area contributed by atoms with Gasteiger partial charge >= 0.3 is 5.97 Å². The maximum absolute atomic E-state index is 14.2. The number of ether oxygens (including phenoxy) is 2. The zero-order chi connectivity index (χ0) is 29.1. The van der Waals surface area contributed by atoms with Crippen LogP contribution in [0.25, 0.3) is 11.8 Å². The third-order valence-corrected chi connectivity index (χ3v) is 9.57. The average molecular weight is 809 g/mol. The molecule has 0 bridgehead atoms. The lowest BCUT2D eigenvalue weighted by Crippen LogP contribution is -2.40. The van der Waals surface area contributed by atoms with Gasteiger partial charge in [0.25, 0.3) is 5.56 Å². The van der Waals surface area contributed by atoms with E-state index in [4.69, 9.17) is 14.5 Å². The summed E-state index contributed by atoms with van der Waals surface area (Å²) in [5.41, 5.74) is 3.04. The molecule has 10 heteroatoms. The van der Waals surface area contributed by atoms with Gasteiger partial charge < -0.3 is 9.47 Å². The third kappa shape index (κ3) is 6.20. The molecule has 0 aliphatic carbocycles. The molecule has 0 unspecified atom stereocenters. The third-order valence-electron chi connectivity index (χ3n) is 6.42. The molecule has 1 aliphatic rings. The van der Waals surface area contributed by atoms with Gasteiger partial charge in [0.2, 0.25) is 0 Å². The molecule has 0 fully saturated rings. The van der Waals surface area contributed by atoms with Crippen LogP contribution in [0.15, 0.2) is 87.0 Å². The first-order valence-electron chi connectivity index (χ1n) is 12.9. The molecule has 1 aliphatic heterocycles. The molecule has 6 nitrogen and oxygen atoms in total. The normalized spacial score (nSPS) is 15.0. The van der Waals surface area contributed by atoms with Crippen LogP contribution in [0.3, 0.4) is 0 Å². The van der Waals surface area contributed by atoms with Crippen molar-refractivity contribution in [3.63, 3.8) is 0 Å². The molecule has 0 amide bonds. The molecule has 1 aromatic heterocycles. The molecule has 3 aromatic carbocycles. The average Bonchev–Trinajstić information content (AvgIpc) is 3.28. The summed E-state index contributed by atoms with van der Waals surface area (Å²) < 4.78 is 15.7. The first kappa shape index (κ1) is 30.1. The number of aromatic nitrogens is 1. The lowest BCUT2D eigenvalue weighted by molar-refractivity contribution is -0.138. The second-order valence-corrected chi connectivity index (χ2v) is 13.2. The van der Waals surface area contributed by atoms with Gasteiger partial charge in [-0.1, -0.05) is 53.8 Å². The molecule has 4 aromatic rings. The highest BCUT2D eigenvalue weighted by Gasteiger charge is 2.35. The first-order chi connectivity index (χ1) is 19.9. The van der Waals surface area contributed by atoms with E-state index in [2.05, 4.69) is 45.2 Å². The highest BCUT2D eigenvalue weighted by molar-refractivity contribution is 14.1. The Kier molecular flexibility index (Phi) is 9.72. The van der Waals surface area contributed by atoms with Crippen molar-refractivity contribution in [2.45, 2.75) is 24.8 Å². The van der Waals surface area contributed by atoms with Gasteiger partial charge in [-0.25, -0.2) is 9.79 Å². The number of esters is 1. The highest BCUT2D eigenvalue weighted by atomic mass is 127. The topological polar surface area (TPSA) is 69.9 Å². The van der Waals surface area contributed by atoms with Crippen molar-refractivity contribution in [2.75, 3.05) is 19.5 Å². The van der Waals surface area contributed by atoms with Gasteiger partial charge in [0, 0.05) is 19.6 Å². The number of carbonyl (C=O) groups excluding carboxylic acids is 1. The molecule has 0 saturated carbocycles. The zero-order valence-electron chi connectivity index (χ0n) is 22.5. The molecule has 5 rings (SSSR count). The summed E-state index contributed by atoms with van der Waals surface area (Å²) in [5, 5.41) is 0. The number of hydrogen-bond donors (Lipinski definition) is 0. The van der Waals surface area contributed by atoms with Gasteiger partial charge in [0.05, 0.1) is 38.6 Å². The molecule has 0 saturated heterocycles. The molecule has 0 radical (unpaired) electrons. The maximum Gasteiger partial charge on any atom is 0.338 e. The summed E-state index contributed by atoms with van der Waals surface area (Å²) in [7, 11) is 0. The summed E-state index contributed by atoms with van der Waals surface area (Å²) in [5.74, 6) is 0.245. The van der Waals surface area contributed by atoms with E-state index in [0.29, 0.717) is 27.2 Å². The van der Waals surface area contributed by atoms with Crippen LogP contribution in [0.4, 0.5) is 0 Å². The minimum absolute atomic E-state index is 0.207. The van der Waals surface area contributed by atoms with E-state index >= 15 is 0 Å². The smallest absolute Gasteiger partial charge is 0.338 e. The number of nitrogens with zero attached hydrogens (tertiary/aromatic N) is 2. The fourth-order valence-corrected chi connectivity index (χ4v) is 8.11. The monoisotopic (exact) mass is 808 g/mol. The number of thiazole rings is 1. The van der Waals surface area contributed by atoms with Crippen molar-refractivity contribution < 1.29 is 14.3 Å². The molecule has 210 valence electrons. The van der Waals surface area contributed by atoms with Gasteiger partial charge in [-0.15, -0.1) is 11.8 Å². The Balaban J connectivity index is 1.83. The summed E-state index contributed by atoms with van der Waals surface area (Å²) in [4.78, 5) is 34.3.